The molecule has 0 aliphatic carbocycles. The topological polar surface area (TPSA) is 41.6 Å². The molecule has 2 aliphatic rings. The predicted molar refractivity (Wildman–Crippen MR) is 88.8 cm³/mol. The normalized spacial score (nSPS) is 23.6. The fourth-order valence-corrected chi connectivity index (χ4v) is 3.65. The van der Waals surface area contributed by atoms with Crippen LogP contribution in [0.15, 0.2) is 12.1 Å². The van der Waals surface area contributed by atoms with Crippen molar-refractivity contribution in [1.29, 1.82) is 0 Å². The van der Waals surface area contributed by atoms with Crippen molar-refractivity contribution < 1.29 is 9.53 Å². The lowest BCUT2D eigenvalue weighted by Crippen LogP contribution is -2.46. The minimum atomic E-state index is -0.464. The van der Waals surface area contributed by atoms with Crippen molar-refractivity contribution in [3.05, 3.63) is 28.3 Å². The van der Waals surface area contributed by atoms with Crippen LogP contribution in [0, 0.1) is 6.92 Å². The first-order chi connectivity index (χ1) is 10.3. The number of halogens is 1. The van der Waals surface area contributed by atoms with Gasteiger partial charge in [-0.3, -0.25) is 0 Å². The van der Waals surface area contributed by atoms with E-state index in [0.29, 0.717) is 19.1 Å². The minimum Gasteiger partial charge on any atom is -0.444 e. The fraction of sp³-hybridized carbons (Fsp3) is 0.588. The number of piperidine rings is 1. The first kappa shape index (κ1) is 15.5. The van der Waals surface area contributed by atoms with E-state index < -0.39 is 5.60 Å². The Balaban J connectivity index is 1.82. The van der Waals surface area contributed by atoms with Crippen LogP contribution >= 0.6 is 11.6 Å². The summed E-state index contributed by atoms with van der Waals surface area (Å²) in [6, 6.07) is 4.34. The smallest absolute Gasteiger partial charge is 0.410 e. The van der Waals surface area contributed by atoms with Crippen molar-refractivity contribution in [2.75, 3.05) is 18.4 Å². The third-order valence-electron chi connectivity index (χ3n) is 4.37. The van der Waals surface area contributed by atoms with Crippen molar-refractivity contribution in [3.63, 3.8) is 0 Å². The van der Waals surface area contributed by atoms with Gasteiger partial charge in [0.1, 0.15) is 5.60 Å². The van der Waals surface area contributed by atoms with Gasteiger partial charge in [-0.1, -0.05) is 17.7 Å². The first-order valence-electron chi connectivity index (χ1n) is 7.80. The van der Waals surface area contributed by atoms with Gasteiger partial charge in [-0.15, -0.1) is 0 Å². The van der Waals surface area contributed by atoms with E-state index in [1.807, 2.05) is 37.8 Å². The van der Waals surface area contributed by atoms with Crippen molar-refractivity contribution in [3.8, 4) is 0 Å². The molecule has 120 valence electrons. The molecule has 2 atom stereocenters. The minimum absolute atomic E-state index is 0.233. The molecular formula is C17H23ClN2O2. The molecule has 1 aromatic carbocycles. The van der Waals surface area contributed by atoms with Gasteiger partial charge in [0.05, 0.1) is 0 Å². The van der Waals surface area contributed by atoms with Gasteiger partial charge in [-0.2, -0.15) is 0 Å². The number of nitrogens with one attached hydrogen (secondary N) is 1. The second-order valence-corrected chi connectivity index (χ2v) is 7.63. The Bertz CT molecular complexity index is 609. The monoisotopic (exact) mass is 322 g/mol. The average Bonchev–Trinajstić information content (AvgIpc) is 2.80. The Hall–Kier alpha value is -1.42. The van der Waals surface area contributed by atoms with Crippen LogP contribution in [0.3, 0.4) is 0 Å². The van der Waals surface area contributed by atoms with Crippen molar-refractivity contribution in [2.24, 2.45) is 0 Å². The quantitative estimate of drug-likeness (QED) is 0.779. The Kier molecular flexibility index (Phi) is 3.76. The summed E-state index contributed by atoms with van der Waals surface area (Å²) in [4.78, 5) is 14.1. The molecule has 0 spiro atoms. The lowest BCUT2D eigenvalue weighted by Gasteiger charge is -2.36. The lowest BCUT2D eigenvalue weighted by atomic mass is 9.89. The molecule has 0 saturated carbocycles. The largest absolute Gasteiger partial charge is 0.444 e. The number of benzene rings is 1. The van der Waals surface area contributed by atoms with Crippen molar-refractivity contribution in [2.45, 2.75) is 51.7 Å². The molecule has 1 fully saturated rings. The van der Waals surface area contributed by atoms with E-state index in [4.69, 9.17) is 16.3 Å². The summed E-state index contributed by atoms with van der Waals surface area (Å²) in [6.07, 6.45) is 0.678. The molecular weight excluding hydrogens is 300 g/mol. The molecule has 0 bridgehead atoms. The number of carbonyl (C=O) groups is 1. The van der Waals surface area contributed by atoms with E-state index in [0.717, 1.165) is 22.7 Å². The molecule has 1 N–H and O–H groups in total. The second kappa shape index (κ2) is 5.34. The fourth-order valence-electron chi connectivity index (χ4n) is 3.35. The number of fused-ring (bicyclic) bond motifs is 3. The number of likely N-dealkylation sites (tertiary alicyclic amines) is 1. The maximum absolute atomic E-state index is 12.3. The van der Waals surface area contributed by atoms with Gasteiger partial charge in [0.15, 0.2) is 0 Å². The molecule has 22 heavy (non-hydrogen) atoms. The van der Waals surface area contributed by atoms with E-state index in [-0.39, 0.29) is 12.0 Å². The van der Waals surface area contributed by atoms with Crippen molar-refractivity contribution in [1.82, 2.24) is 4.90 Å². The maximum atomic E-state index is 12.3. The van der Waals surface area contributed by atoms with Gasteiger partial charge in [-0.05, 0) is 45.7 Å². The third-order valence-corrected chi connectivity index (χ3v) is 4.70. The average molecular weight is 323 g/mol. The Morgan fingerprint density at radius 3 is 2.82 bits per heavy atom. The van der Waals surface area contributed by atoms with Crippen LogP contribution in [0.25, 0.3) is 0 Å². The van der Waals surface area contributed by atoms with Crippen molar-refractivity contribution >= 4 is 23.4 Å². The van der Waals surface area contributed by atoms with Gasteiger partial charge in [0.2, 0.25) is 0 Å². The number of anilines is 1. The molecule has 1 aromatic rings. The second-order valence-electron chi connectivity index (χ2n) is 7.23. The zero-order valence-electron chi connectivity index (χ0n) is 13.6. The number of nitrogens with zero attached hydrogens (tertiary/aromatic N) is 1. The van der Waals surface area contributed by atoms with E-state index >= 15 is 0 Å². The van der Waals surface area contributed by atoms with Crippen LogP contribution < -0.4 is 5.32 Å². The zero-order valence-corrected chi connectivity index (χ0v) is 14.3. The first-order valence-corrected chi connectivity index (χ1v) is 8.17. The van der Waals surface area contributed by atoms with Crippen LogP contribution in [0.5, 0.6) is 0 Å². The van der Waals surface area contributed by atoms with E-state index in [2.05, 4.69) is 12.2 Å². The summed E-state index contributed by atoms with van der Waals surface area (Å²) in [5.74, 6) is 0.240. The van der Waals surface area contributed by atoms with Crippen LogP contribution in [0.4, 0.5) is 10.5 Å². The summed E-state index contributed by atoms with van der Waals surface area (Å²) in [5.41, 5.74) is 3.04. The maximum Gasteiger partial charge on any atom is 0.410 e. The van der Waals surface area contributed by atoms with Crippen LogP contribution in [0.2, 0.25) is 5.02 Å². The van der Waals surface area contributed by atoms with Gasteiger partial charge in [-0.25, -0.2) is 4.79 Å². The Morgan fingerprint density at radius 1 is 1.41 bits per heavy atom. The van der Waals surface area contributed by atoms with Crippen LogP contribution in [0.1, 0.15) is 44.2 Å². The molecule has 0 unspecified atom stereocenters. The summed E-state index contributed by atoms with van der Waals surface area (Å²) in [5, 5.41) is 4.37. The van der Waals surface area contributed by atoms with Crippen LogP contribution in [-0.2, 0) is 4.74 Å². The highest BCUT2D eigenvalue weighted by molar-refractivity contribution is 6.32. The summed E-state index contributed by atoms with van der Waals surface area (Å²) in [6.45, 7) is 9.14. The summed E-state index contributed by atoms with van der Waals surface area (Å²) in [7, 11) is 0. The molecule has 1 amide bonds. The van der Waals surface area contributed by atoms with Crippen LogP contribution in [-0.4, -0.2) is 35.7 Å². The third kappa shape index (κ3) is 2.76. The number of carbonyl (C=O) groups excluding carboxylic acids is 1. The van der Waals surface area contributed by atoms with Gasteiger partial charge >= 0.3 is 6.09 Å². The highest BCUT2D eigenvalue weighted by Gasteiger charge is 2.40. The molecule has 3 rings (SSSR count). The molecule has 1 saturated heterocycles. The number of rotatable bonds is 0. The SMILES string of the molecule is Cc1ccc(Cl)c2c1N[C@@H]1CCN(C(=O)OC(C)(C)C)C[C@H]21. The number of ether oxygens (including phenoxy) is 1. The number of amides is 1. The summed E-state index contributed by atoms with van der Waals surface area (Å²) < 4.78 is 5.50. The Morgan fingerprint density at radius 2 is 2.14 bits per heavy atom. The van der Waals surface area contributed by atoms with Gasteiger partial charge in [0, 0.05) is 41.3 Å². The number of aryl methyl sites for hydroxylation is 1. The van der Waals surface area contributed by atoms with E-state index in [9.17, 15) is 4.79 Å². The summed E-state index contributed by atoms with van der Waals surface area (Å²) >= 11 is 6.42. The standard InChI is InChI=1S/C17H23ClN2O2/c1-10-5-6-12(18)14-11-9-20(16(21)22-17(2,3)4)8-7-13(11)19-15(10)14/h5-6,11,13,19H,7-9H2,1-4H3/t11-,13+/m0/s1. The Labute approximate surface area is 136 Å². The number of hydrogen-bond acceptors (Lipinski definition) is 3. The zero-order chi connectivity index (χ0) is 16.1. The molecule has 0 aromatic heterocycles. The van der Waals surface area contributed by atoms with E-state index in [1.54, 1.807) is 0 Å². The molecule has 4 nitrogen and oxygen atoms in total. The molecule has 5 heteroatoms. The molecule has 0 radical (unpaired) electrons. The number of hydrogen-bond donors (Lipinski definition) is 1. The molecule has 2 aliphatic heterocycles. The van der Waals surface area contributed by atoms with Gasteiger partial charge in [0.25, 0.3) is 0 Å². The highest BCUT2D eigenvalue weighted by Crippen LogP contribution is 2.45. The predicted octanol–water partition coefficient (Wildman–Crippen LogP) is 4.17. The van der Waals surface area contributed by atoms with E-state index in [1.165, 1.54) is 5.56 Å². The molecule has 2 heterocycles. The van der Waals surface area contributed by atoms with Gasteiger partial charge < -0.3 is 15.0 Å². The lowest BCUT2D eigenvalue weighted by molar-refractivity contribution is 0.0195. The highest BCUT2D eigenvalue weighted by atomic mass is 35.5.